The second-order valence-electron chi connectivity index (χ2n) is 4.33. The first-order valence-corrected chi connectivity index (χ1v) is 7.64. The molecule has 0 saturated carbocycles. The molecule has 2 aromatic carbocycles. The summed E-state index contributed by atoms with van der Waals surface area (Å²) in [7, 11) is -2.18. The Morgan fingerprint density at radius 3 is 2.62 bits per heavy atom. The van der Waals surface area contributed by atoms with Crippen LogP contribution in [0.1, 0.15) is 0 Å². The number of fused-ring (bicyclic) bond motifs is 1. The highest BCUT2D eigenvalue weighted by Crippen LogP contribution is 2.43. The SMILES string of the molecule is COc1cc(NS(=O)(=O)c2ccccc2)cc2c1OCO2. The molecular formula is C14H13NO5S. The standard InChI is InChI=1S/C14H13NO5S/c1-18-12-7-10(8-13-14(12)20-9-19-13)15-21(16,17)11-5-3-2-4-6-11/h2-8,15H,9H2,1H3. The summed E-state index contributed by atoms with van der Waals surface area (Å²) in [4.78, 5) is 0.182. The normalized spacial score (nSPS) is 13.0. The predicted octanol–water partition coefficient (Wildman–Crippen LogP) is 2.22. The van der Waals surface area contributed by atoms with Gasteiger partial charge in [-0.3, -0.25) is 4.72 Å². The molecule has 3 rings (SSSR count). The quantitative estimate of drug-likeness (QED) is 0.937. The molecule has 0 radical (unpaired) electrons. The summed E-state index contributed by atoms with van der Waals surface area (Å²) in [6, 6.07) is 11.2. The minimum atomic E-state index is -3.66. The third-order valence-corrected chi connectivity index (χ3v) is 4.36. The van der Waals surface area contributed by atoms with Gasteiger partial charge in [0.2, 0.25) is 12.5 Å². The lowest BCUT2D eigenvalue weighted by atomic mass is 10.2. The number of anilines is 1. The maximum atomic E-state index is 12.3. The van der Waals surface area contributed by atoms with Gasteiger partial charge in [-0.1, -0.05) is 18.2 Å². The fraction of sp³-hybridized carbons (Fsp3) is 0.143. The first kappa shape index (κ1) is 13.6. The summed E-state index contributed by atoms with van der Waals surface area (Å²) in [5.74, 6) is 1.33. The summed E-state index contributed by atoms with van der Waals surface area (Å²) in [6.45, 7) is 0.0839. The Bertz CT molecular complexity index is 758. The number of hydrogen-bond acceptors (Lipinski definition) is 5. The van der Waals surface area contributed by atoms with Crippen LogP contribution in [0.3, 0.4) is 0 Å². The lowest BCUT2D eigenvalue weighted by molar-refractivity contribution is 0.171. The molecule has 0 atom stereocenters. The molecule has 7 heteroatoms. The first-order chi connectivity index (χ1) is 10.1. The molecule has 1 N–H and O–H groups in total. The molecule has 21 heavy (non-hydrogen) atoms. The lowest BCUT2D eigenvalue weighted by Crippen LogP contribution is -2.12. The molecule has 6 nitrogen and oxygen atoms in total. The van der Waals surface area contributed by atoms with Crippen molar-refractivity contribution in [2.45, 2.75) is 4.90 Å². The van der Waals surface area contributed by atoms with Crippen LogP contribution in [-0.2, 0) is 10.0 Å². The van der Waals surface area contributed by atoms with Crippen LogP contribution < -0.4 is 18.9 Å². The maximum absolute atomic E-state index is 12.3. The molecule has 0 fully saturated rings. The van der Waals surface area contributed by atoms with Crippen LogP contribution in [-0.4, -0.2) is 22.3 Å². The molecule has 1 heterocycles. The van der Waals surface area contributed by atoms with Gasteiger partial charge < -0.3 is 14.2 Å². The Morgan fingerprint density at radius 1 is 1.14 bits per heavy atom. The molecule has 0 spiro atoms. The average molecular weight is 307 g/mol. The van der Waals surface area contributed by atoms with Crippen molar-refractivity contribution in [3.63, 3.8) is 0 Å². The molecule has 0 amide bonds. The lowest BCUT2D eigenvalue weighted by Gasteiger charge is -2.11. The van der Waals surface area contributed by atoms with E-state index in [1.165, 1.54) is 19.2 Å². The van der Waals surface area contributed by atoms with Gasteiger partial charge in [-0.15, -0.1) is 0 Å². The molecule has 0 unspecified atom stereocenters. The van der Waals surface area contributed by atoms with Gasteiger partial charge in [-0.25, -0.2) is 8.42 Å². The van der Waals surface area contributed by atoms with E-state index in [1.807, 2.05) is 0 Å². The van der Waals surface area contributed by atoms with Gasteiger partial charge in [0.15, 0.2) is 11.5 Å². The second-order valence-corrected chi connectivity index (χ2v) is 6.01. The highest BCUT2D eigenvalue weighted by molar-refractivity contribution is 7.92. The van der Waals surface area contributed by atoms with Gasteiger partial charge in [0.25, 0.3) is 10.0 Å². The van der Waals surface area contributed by atoms with E-state index in [1.54, 1.807) is 30.3 Å². The molecule has 1 aliphatic heterocycles. The van der Waals surface area contributed by atoms with Crippen LogP contribution in [0.2, 0.25) is 0 Å². The number of nitrogens with one attached hydrogen (secondary N) is 1. The maximum Gasteiger partial charge on any atom is 0.261 e. The molecular weight excluding hydrogens is 294 g/mol. The van der Waals surface area contributed by atoms with Gasteiger partial charge in [-0.05, 0) is 12.1 Å². The van der Waals surface area contributed by atoms with E-state index < -0.39 is 10.0 Å². The second kappa shape index (κ2) is 5.17. The minimum Gasteiger partial charge on any atom is -0.493 e. The van der Waals surface area contributed by atoms with E-state index >= 15 is 0 Å². The van der Waals surface area contributed by atoms with Crippen molar-refractivity contribution in [2.24, 2.45) is 0 Å². The Labute approximate surface area is 122 Å². The molecule has 1 aliphatic rings. The molecule has 0 aliphatic carbocycles. The Hall–Kier alpha value is -2.41. The molecule has 0 bridgehead atoms. The zero-order chi connectivity index (χ0) is 14.9. The summed E-state index contributed by atoms with van der Waals surface area (Å²) in [5.41, 5.74) is 0.347. The van der Waals surface area contributed by atoms with Gasteiger partial charge in [0, 0.05) is 12.1 Å². The van der Waals surface area contributed by atoms with E-state index in [4.69, 9.17) is 14.2 Å². The third kappa shape index (κ3) is 2.59. The van der Waals surface area contributed by atoms with E-state index in [9.17, 15) is 8.42 Å². The summed E-state index contributed by atoms with van der Waals surface area (Å²) >= 11 is 0. The van der Waals surface area contributed by atoms with E-state index in [0.717, 1.165) is 0 Å². The monoisotopic (exact) mass is 307 g/mol. The molecule has 110 valence electrons. The van der Waals surface area contributed by atoms with Crippen LogP contribution in [0.15, 0.2) is 47.4 Å². The van der Waals surface area contributed by atoms with Crippen molar-refractivity contribution in [1.29, 1.82) is 0 Å². The number of sulfonamides is 1. The highest BCUT2D eigenvalue weighted by Gasteiger charge is 2.22. The van der Waals surface area contributed by atoms with Crippen LogP contribution in [0, 0.1) is 0 Å². The van der Waals surface area contributed by atoms with Crippen LogP contribution in [0.4, 0.5) is 5.69 Å². The van der Waals surface area contributed by atoms with Gasteiger partial charge >= 0.3 is 0 Å². The van der Waals surface area contributed by atoms with Gasteiger partial charge in [0.05, 0.1) is 17.7 Å². The van der Waals surface area contributed by atoms with Gasteiger partial charge in [-0.2, -0.15) is 0 Å². The fourth-order valence-corrected chi connectivity index (χ4v) is 3.06. The number of ether oxygens (including phenoxy) is 3. The number of benzene rings is 2. The van der Waals surface area contributed by atoms with Crippen molar-refractivity contribution in [1.82, 2.24) is 0 Å². The predicted molar refractivity (Wildman–Crippen MR) is 76.4 cm³/mol. The van der Waals surface area contributed by atoms with Crippen molar-refractivity contribution >= 4 is 15.7 Å². The van der Waals surface area contributed by atoms with Crippen molar-refractivity contribution in [2.75, 3.05) is 18.6 Å². The number of methoxy groups -OCH3 is 1. The van der Waals surface area contributed by atoms with Crippen LogP contribution in [0.25, 0.3) is 0 Å². The number of hydrogen-bond donors (Lipinski definition) is 1. The summed E-state index contributed by atoms with van der Waals surface area (Å²) < 4.78 is 42.8. The molecule has 2 aromatic rings. The highest BCUT2D eigenvalue weighted by atomic mass is 32.2. The molecule has 0 saturated heterocycles. The van der Waals surface area contributed by atoms with E-state index in [-0.39, 0.29) is 11.7 Å². The largest absolute Gasteiger partial charge is 0.493 e. The fourth-order valence-electron chi connectivity index (χ4n) is 2.00. The topological polar surface area (TPSA) is 73.9 Å². The van der Waals surface area contributed by atoms with Crippen molar-refractivity contribution < 1.29 is 22.6 Å². The van der Waals surface area contributed by atoms with Gasteiger partial charge in [0.1, 0.15) is 0 Å². The Morgan fingerprint density at radius 2 is 1.90 bits per heavy atom. The Balaban J connectivity index is 1.96. The Kier molecular flexibility index (Phi) is 3.34. The summed E-state index contributed by atoms with van der Waals surface area (Å²) in [6.07, 6.45) is 0. The molecule has 0 aromatic heterocycles. The van der Waals surface area contributed by atoms with Crippen molar-refractivity contribution in [3.8, 4) is 17.2 Å². The van der Waals surface area contributed by atoms with E-state index in [0.29, 0.717) is 22.9 Å². The van der Waals surface area contributed by atoms with Crippen LogP contribution >= 0.6 is 0 Å². The third-order valence-electron chi connectivity index (χ3n) is 2.96. The average Bonchev–Trinajstić information content (AvgIpc) is 2.95. The van der Waals surface area contributed by atoms with Crippen molar-refractivity contribution in [3.05, 3.63) is 42.5 Å². The first-order valence-electron chi connectivity index (χ1n) is 6.15. The smallest absolute Gasteiger partial charge is 0.261 e. The number of rotatable bonds is 4. The van der Waals surface area contributed by atoms with E-state index in [2.05, 4.69) is 4.72 Å². The van der Waals surface area contributed by atoms with Crippen LogP contribution in [0.5, 0.6) is 17.2 Å². The zero-order valence-corrected chi connectivity index (χ0v) is 12.0. The summed E-state index contributed by atoms with van der Waals surface area (Å²) in [5, 5.41) is 0. The minimum absolute atomic E-state index is 0.0839. The zero-order valence-electron chi connectivity index (χ0n) is 11.2.